The predicted octanol–water partition coefficient (Wildman–Crippen LogP) is 3.03. The lowest BCUT2D eigenvalue weighted by atomic mass is 10.1. The lowest BCUT2D eigenvalue weighted by molar-refractivity contribution is -0.132. The molecule has 27 heavy (non-hydrogen) atoms. The van der Waals surface area contributed by atoms with Crippen molar-refractivity contribution in [1.82, 2.24) is 10.2 Å². The molecule has 1 aliphatic heterocycles. The highest BCUT2D eigenvalue weighted by Gasteiger charge is 2.18. The zero-order valence-corrected chi connectivity index (χ0v) is 15.9. The average Bonchev–Trinajstić information content (AvgIpc) is 3.25. The van der Waals surface area contributed by atoms with Gasteiger partial charge in [0.2, 0.25) is 0 Å². The van der Waals surface area contributed by atoms with Crippen molar-refractivity contribution in [2.45, 2.75) is 25.8 Å². The SMILES string of the molecule is COc1ccccc1CCNCc1ccccc1OCC(=O)N1CCCC1. The maximum atomic E-state index is 12.2. The van der Waals surface area contributed by atoms with Crippen LogP contribution in [0.25, 0.3) is 0 Å². The molecule has 1 heterocycles. The lowest BCUT2D eigenvalue weighted by Crippen LogP contribution is -2.32. The molecule has 2 aromatic carbocycles. The molecule has 0 atom stereocenters. The van der Waals surface area contributed by atoms with E-state index in [1.807, 2.05) is 47.4 Å². The van der Waals surface area contributed by atoms with Crippen LogP contribution in [0.4, 0.5) is 0 Å². The fourth-order valence-corrected chi connectivity index (χ4v) is 3.34. The van der Waals surface area contributed by atoms with Gasteiger partial charge in [-0.15, -0.1) is 0 Å². The van der Waals surface area contributed by atoms with Gasteiger partial charge in [0.25, 0.3) is 5.91 Å². The Morgan fingerprint density at radius 1 is 1.00 bits per heavy atom. The summed E-state index contributed by atoms with van der Waals surface area (Å²) in [6, 6.07) is 16.0. The van der Waals surface area contributed by atoms with Crippen LogP contribution in [0.5, 0.6) is 11.5 Å². The third kappa shape index (κ3) is 5.47. The van der Waals surface area contributed by atoms with Gasteiger partial charge in [0.1, 0.15) is 11.5 Å². The number of hydrogen-bond acceptors (Lipinski definition) is 4. The number of rotatable bonds is 9. The van der Waals surface area contributed by atoms with E-state index in [1.165, 1.54) is 5.56 Å². The van der Waals surface area contributed by atoms with Gasteiger partial charge in [0.05, 0.1) is 7.11 Å². The minimum Gasteiger partial charge on any atom is -0.496 e. The first kappa shape index (κ1) is 19.2. The Bertz CT molecular complexity index is 742. The molecule has 0 radical (unpaired) electrons. The molecule has 1 saturated heterocycles. The average molecular weight is 368 g/mol. The maximum absolute atomic E-state index is 12.2. The monoisotopic (exact) mass is 368 g/mol. The fourth-order valence-electron chi connectivity index (χ4n) is 3.34. The van der Waals surface area contributed by atoms with E-state index in [0.29, 0.717) is 6.54 Å². The number of benzene rings is 2. The van der Waals surface area contributed by atoms with Crippen LogP contribution < -0.4 is 14.8 Å². The number of ether oxygens (including phenoxy) is 2. The Kier molecular flexibility index (Phi) is 7.11. The van der Waals surface area contributed by atoms with Crippen molar-refractivity contribution in [2.24, 2.45) is 0 Å². The summed E-state index contributed by atoms with van der Waals surface area (Å²) >= 11 is 0. The molecule has 0 aromatic heterocycles. The van der Waals surface area contributed by atoms with Crippen molar-refractivity contribution < 1.29 is 14.3 Å². The molecular weight excluding hydrogens is 340 g/mol. The van der Waals surface area contributed by atoms with E-state index in [1.54, 1.807) is 7.11 Å². The molecule has 5 heteroatoms. The van der Waals surface area contributed by atoms with Gasteiger partial charge in [-0.3, -0.25) is 4.79 Å². The summed E-state index contributed by atoms with van der Waals surface area (Å²) in [6.07, 6.45) is 3.08. The molecule has 0 bridgehead atoms. The number of para-hydroxylation sites is 2. The van der Waals surface area contributed by atoms with Gasteiger partial charge in [-0.25, -0.2) is 0 Å². The van der Waals surface area contributed by atoms with Gasteiger partial charge in [-0.2, -0.15) is 0 Å². The third-order valence-electron chi connectivity index (χ3n) is 4.86. The van der Waals surface area contributed by atoms with Crippen LogP contribution in [0.15, 0.2) is 48.5 Å². The van der Waals surface area contributed by atoms with Crippen molar-refractivity contribution in [3.8, 4) is 11.5 Å². The topological polar surface area (TPSA) is 50.8 Å². The summed E-state index contributed by atoms with van der Waals surface area (Å²) in [7, 11) is 1.70. The number of hydrogen-bond donors (Lipinski definition) is 1. The van der Waals surface area contributed by atoms with Crippen molar-refractivity contribution >= 4 is 5.91 Å². The summed E-state index contributed by atoms with van der Waals surface area (Å²) in [4.78, 5) is 14.1. The molecule has 144 valence electrons. The Hall–Kier alpha value is -2.53. The molecule has 2 aromatic rings. The minimum atomic E-state index is 0.0754. The highest BCUT2D eigenvalue weighted by Crippen LogP contribution is 2.19. The Morgan fingerprint density at radius 2 is 1.67 bits per heavy atom. The van der Waals surface area contributed by atoms with Gasteiger partial charge >= 0.3 is 0 Å². The molecule has 0 spiro atoms. The molecule has 0 aliphatic carbocycles. The van der Waals surface area contributed by atoms with E-state index in [9.17, 15) is 4.79 Å². The molecular formula is C22H28N2O3. The number of nitrogens with zero attached hydrogens (tertiary/aromatic N) is 1. The van der Waals surface area contributed by atoms with E-state index < -0.39 is 0 Å². The smallest absolute Gasteiger partial charge is 0.260 e. The molecule has 1 fully saturated rings. The molecule has 1 N–H and O–H groups in total. The van der Waals surface area contributed by atoms with E-state index in [0.717, 1.165) is 56.0 Å². The predicted molar refractivity (Wildman–Crippen MR) is 106 cm³/mol. The zero-order chi connectivity index (χ0) is 18.9. The van der Waals surface area contributed by atoms with Gasteiger partial charge in [-0.1, -0.05) is 36.4 Å². The second kappa shape index (κ2) is 9.97. The zero-order valence-electron chi connectivity index (χ0n) is 15.9. The highest BCUT2D eigenvalue weighted by atomic mass is 16.5. The van der Waals surface area contributed by atoms with Crippen LogP contribution in [-0.2, 0) is 17.8 Å². The van der Waals surface area contributed by atoms with Crippen LogP contribution in [0.1, 0.15) is 24.0 Å². The number of nitrogens with one attached hydrogen (secondary N) is 1. The first-order valence-electron chi connectivity index (χ1n) is 9.59. The van der Waals surface area contributed by atoms with Crippen LogP contribution in [0.2, 0.25) is 0 Å². The van der Waals surface area contributed by atoms with Gasteiger partial charge in [-0.05, 0) is 43.5 Å². The van der Waals surface area contributed by atoms with E-state index in [2.05, 4.69) is 11.4 Å². The summed E-state index contributed by atoms with van der Waals surface area (Å²) in [6.45, 7) is 3.35. The molecule has 0 saturated carbocycles. The van der Waals surface area contributed by atoms with Crippen molar-refractivity contribution in [1.29, 1.82) is 0 Å². The number of carbonyl (C=O) groups is 1. The number of carbonyl (C=O) groups excluding carboxylic acids is 1. The Balaban J connectivity index is 1.48. The van der Waals surface area contributed by atoms with Crippen molar-refractivity contribution in [3.63, 3.8) is 0 Å². The molecule has 5 nitrogen and oxygen atoms in total. The first-order chi connectivity index (χ1) is 13.3. The van der Waals surface area contributed by atoms with Gasteiger partial charge < -0.3 is 19.7 Å². The normalized spacial score (nSPS) is 13.6. The lowest BCUT2D eigenvalue weighted by Gasteiger charge is -2.17. The third-order valence-corrected chi connectivity index (χ3v) is 4.86. The van der Waals surface area contributed by atoms with Crippen LogP contribution in [0, 0.1) is 0 Å². The summed E-state index contributed by atoms with van der Waals surface area (Å²) < 4.78 is 11.2. The van der Waals surface area contributed by atoms with E-state index >= 15 is 0 Å². The Labute approximate surface area is 161 Å². The van der Waals surface area contributed by atoms with E-state index in [4.69, 9.17) is 9.47 Å². The summed E-state index contributed by atoms with van der Waals surface area (Å²) in [5.74, 6) is 1.77. The molecule has 1 aliphatic rings. The quantitative estimate of drug-likeness (QED) is 0.691. The summed E-state index contributed by atoms with van der Waals surface area (Å²) in [5.41, 5.74) is 2.25. The number of amides is 1. The van der Waals surface area contributed by atoms with Gasteiger partial charge in [0, 0.05) is 25.2 Å². The highest BCUT2D eigenvalue weighted by molar-refractivity contribution is 5.78. The Morgan fingerprint density at radius 3 is 2.41 bits per heavy atom. The summed E-state index contributed by atoms with van der Waals surface area (Å²) in [5, 5.41) is 3.45. The molecule has 1 amide bonds. The molecule has 3 rings (SSSR count). The van der Waals surface area contributed by atoms with Crippen LogP contribution in [0.3, 0.4) is 0 Å². The largest absolute Gasteiger partial charge is 0.496 e. The standard InChI is InChI=1S/C22H28N2O3/c1-26-20-10-4-2-8-18(20)12-13-23-16-19-9-3-5-11-21(19)27-17-22(25)24-14-6-7-15-24/h2-5,8-11,23H,6-7,12-17H2,1H3. The van der Waals surface area contributed by atoms with E-state index in [-0.39, 0.29) is 12.5 Å². The maximum Gasteiger partial charge on any atom is 0.260 e. The van der Waals surface area contributed by atoms with Crippen molar-refractivity contribution in [2.75, 3.05) is 33.4 Å². The fraction of sp³-hybridized carbons (Fsp3) is 0.409. The minimum absolute atomic E-state index is 0.0754. The number of likely N-dealkylation sites (tertiary alicyclic amines) is 1. The first-order valence-corrected chi connectivity index (χ1v) is 9.59. The van der Waals surface area contributed by atoms with Crippen LogP contribution >= 0.6 is 0 Å². The van der Waals surface area contributed by atoms with Gasteiger partial charge in [0.15, 0.2) is 6.61 Å². The van der Waals surface area contributed by atoms with Crippen LogP contribution in [-0.4, -0.2) is 44.2 Å². The second-order valence-electron chi connectivity index (χ2n) is 6.72. The van der Waals surface area contributed by atoms with Crippen molar-refractivity contribution in [3.05, 3.63) is 59.7 Å². The molecule has 0 unspecified atom stereocenters. The second-order valence-corrected chi connectivity index (χ2v) is 6.72. The number of methoxy groups -OCH3 is 1.